The third kappa shape index (κ3) is 2.01. The van der Waals surface area contributed by atoms with E-state index < -0.39 is 0 Å². The molecule has 0 aromatic carbocycles. The van der Waals surface area contributed by atoms with Gasteiger partial charge in [0.15, 0.2) is 0 Å². The maximum Gasteiger partial charge on any atom is 0.112 e. The Labute approximate surface area is 104 Å². The van der Waals surface area contributed by atoms with Crippen molar-refractivity contribution in [3.63, 3.8) is 0 Å². The molecule has 3 heteroatoms. The molecule has 3 rings (SSSR count). The Bertz CT molecular complexity index is 388. The Morgan fingerprint density at radius 3 is 2.88 bits per heavy atom. The standard InChI is InChI=1S/C14H23N3/c1-2-17-13-8-9-15-10-12(13)16-14(17)11-6-4-3-5-7-11/h11,15H,2-10H2,1H3. The van der Waals surface area contributed by atoms with Crippen molar-refractivity contribution in [2.45, 2.75) is 64.5 Å². The van der Waals surface area contributed by atoms with Crippen LogP contribution < -0.4 is 5.32 Å². The lowest BCUT2D eigenvalue weighted by Gasteiger charge is -2.22. The van der Waals surface area contributed by atoms with Crippen molar-refractivity contribution in [3.8, 4) is 0 Å². The molecule has 1 fully saturated rings. The predicted octanol–water partition coefficient (Wildman–Crippen LogP) is 2.60. The van der Waals surface area contributed by atoms with E-state index in [4.69, 9.17) is 4.98 Å². The molecule has 0 spiro atoms. The molecule has 1 aromatic heterocycles. The highest BCUT2D eigenvalue weighted by Crippen LogP contribution is 2.33. The maximum atomic E-state index is 4.95. The Balaban J connectivity index is 1.94. The zero-order chi connectivity index (χ0) is 11.7. The van der Waals surface area contributed by atoms with Gasteiger partial charge in [-0.2, -0.15) is 0 Å². The molecule has 2 heterocycles. The van der Waals surface area contributed by atoms with Crippen LogP contribution in [0.5, 0.6) is 0 Å². The SMILES string of the molecule is CCn1c(C2CCCCC2)nc2c1CCNC2. The lowest BCUT2D eigenvalue weighted by molar-refractivity contribution is 0.415. The van der Waals surface area contributed by atoms with Gasteiger partial charge in [0.2, 0.25) is 0 Å². The third-order valence-electron chi connectivity index (χ3n) is 4.30. The van der Waals surface area contributed by atoms with Gasteiger partial charge >= 0.3 is 0 Å². The second-order valence-corrected chi connectivity index (χ2v) is 5.37. The van der Waals surface area contributed by atoms with Gasteiger partial charge in [0.05, 0.1) is 5.69 Å². The number of fused-ring (bicyclic) bond motifs is 1. The van der Waals surface area contributed by atoms with Crippen LogP contribution in [0.1, 0.15) is 62.2 Å². The van der Waals surface area contributed by atoms with E-state index in [-0.39, 0.29) is 0 Å². The quantitative estimate of drug-likeness (QED) is 0.851. The maximum absolute atomic E-state index is 4.95. The van der Waals surface area contributed by atoms with Gasteiger partial charge in [-0.15, -0.1) is 0 Å². The number of nitrogens with one attached hydrogen (secondary N) is 1. The van der Waals surface area contributed by atoms with Gasteiger partial charge in [-0.3, -0.25) is 0 Å². The summed E-state index contributed by atoms with van der Waals surface area (Å²) < 4.78 is 2.51. The zero-order valence-corrected chi connectivity index (χ0v) is 10.8. The Morgan fingerprint density at radius 1 is 1.29 bits per heavy atom. The van der Waals surface area contributed by atoms with E-state index in [1.54, 1.807) is 0 Å². The molecule has 1 aromatic rings. The number of imidazole rings is 1. The van der Waals surface area contributed by atoms with E-state index in [1.807, 2.05) is 0 Å². The molecule has 0 unspecified atom stereocenters. The van der Waals surface area contributed by atoms with Crippen LogP contribution in [0.2, 0.25) is 0 Å². The summed E-state index contributed by atoms with van der Waals surface area (Å²) in [5.74, 6) is 2.12. The smallest absolute Gasteiger partial charge is 0.112 e. The Kier molecular flexibility index (Phi) is 3.19. The second kappa shape index (κ2) is 4.81. The molecule has 17 heavy (non-hydrogen) atoms. The van der Waals surface area contributed by atoms with Crippen LogP contribution in [-0.2, 0) is 19.5 Å². The van der Waals surface area contributed by atoms with Crippen molar-refractivity contribution >= 4 is 0 Å². The molecular weight excluding hydrogens is 210 g/mol. The minimum atomic E-state index is 0.731. The van der Waals surface area contributed by atoms with Gasteiger partial charge in [0.1, 0.15) is 5.82 Å². The molecule has 1 saturated carbocycles. The van der Waals surface area contributed by atoms with Gasteiger partial charge in [-0.25, -0.2) is 4.98 Å². The Hall–Kier alpha value is -0.830. The summed E-state index contributed by atoms with van der Waals surface area (Å²) in [5, 5.41) is 3.43. The molecule has 0 radical (unpaired) electrons. The van der Waals surface area contributed by atoms with E-state index in [0.717, 1.165) is 32.0 Å². The van der Waals surface area contributed by atoms with E-state index >= 15 is 0 Å². The zero-order valence-electron chi connectivity index (χ0n) is 10.8. The molecule has 1 N–H and O–H groups in total. The van der Waals surface area contributed by atoms with Crippen LogP contribution in [0, 0.1) is 0 Å². The molecule has 0 bridgehead atoms. The summed E-state index contributed by atoms with van der Waals surface area (Å²) in [7, 11) is 0. The minimum Gasteiger partial charge on any atom is -0.332 e. The Morgan fingerprint density at radius 2 is 2.12 bits per heavy atom. The van der Waals surface area contributed by atoms with Crippen LogP contribution in [0.3, 0.4) is 0 Å². The van der Waals surface area contributed by atoms with Crippen molar-refractivity contribution in [1.29, 1.82) is 0 Å². The lowest BCUT2D eigenvalue weighted by atomic mass is 9.88. The van der Waals surface area contributed by atoms with Gasteiger partial charge in [-0.05, 0) is 19.8 Å². The summed E-state index contributed by atoms with van der Waals surface area (Å²) in [4.78, 5) is 4.95. The molecule has 2 aliphatic rings. The van der Waals surface area contributed by atoms with Gasteiger partial charge < -0.3 is 9.88 Å². The first kappa shape index (κ1) is 11.3. The topological polar surface area (TPSA) is 29.9 Å². The molecule has 0 atom stereocenters. The monoisotopic (exact) mass is 233 g/mol. The van der Waals surface area contributed by atoms with Crippen molar-refractivity contribution in [2.75, 3.05) is 6.54 Å². The predicted molar refractivity (Wildman–Crippen MR) is 69.1 cm³/mol. The van der Waals surface area contributed by atoms with Crippen LogP contribution >= 0.6 is 0 Å². The van der Waals surface area contributed by atoms with E-state index in [2.05, 4.69) is 16.8 Å². The summed E-state index contributed by atoms with van der Waals surface area (Å²) >= 11 is 0. The van der Waals surface area contributed by atoms with E-state index in [0.29, 0.717) is 0 Å². The average molecular weight is 233 g/mol. The van der Waals surface area contributed by atoms with Crippen molar-refractivity contribution < 1.29 is 0 Å². The lowest BCUT2D eigenvalue weighted by Crippen LogP contribution is -2.25. The van der Waals surface area contributed by atoms with Crippen molar-refractivity contribution in [3.05, 3.63) is 17.2 Å². The fourth-order valence-corrected chi connectivity index (χ4v) is 3.42. The molecule has 1 aliphatic heterocycles. The number of aromatic nitrogens is 2. The number of rotatable bonds is 2. The van der Waals surface area contributed by atoms with Gasteiger partial charge in [0, 0.05) is 37.7 Å². The van der Waals surface area contributed by atoms with E-state index in [1.165, 1.54) is 49.3 Å². The molecule has 3 nitrogen and oxygen atoms in total. The fourth-order valence-electron chi connectivity index (χ4n) is 3.42. The normalized spacial score (nSPS) is 21.5. The minimum absolute atomic E-state index is 0.731. The summed E-state index contributed by atoms with van der Waals surface area (Å²) in [5.41, 5.74) is 2.82. The van der Waals surface area contributed by atoms with Crippen LogP contribution in [0.15, 0.2) is 0 Å². The van der Waals surface area contributed by atoms with Gasteiger partial charge in [0.25, 0.3) is 0 Å². The number of nitrogens with zero attached hydrogens (tertiary/aromatic N) is 2. The fraction of sp³-hybridized carbons (Fsp3) is 0.786. The summed E-state index contributed by atoms with van der Waals surface area (Å²) in [6, 6.07) is 0. The van der Waals surface area contributed by atoms with Crippen LogP contribution in [-0.4, -0.2) is 16.1 Å². The van der Waals surface area contributed by atoms with Crippen molar-refractivity contribution in [1.82, 2.24) is 14.9 Å². The first-order valence-corrected chi connectivity index (χ1v) is 7.19. The first-order valence-electron chi connectivity index (χ1n) is 7.19. The highest BCUT2D eigenvalue weighted by molar-refractivity contribution is 5.22. The van der Waals surface area contributed by atoms with Gasteiger partial charge in [-0.1, -0.05) is 19.3 Å². The highest BCUT2D eigenvalue weighted by atomic mass is 15.1. The van der Waals surface area contributed by atoms with Crippen molar-refractivity contribution in [2.24, 2.45) is 0 Å². The molecule has 1 aliphatic carbocycles. The van der Waals surface area contributed by atoms with Crippen LogP contribution in [0.25, 0.3) is 0 Å². The number of hydrogen-bond acceptors (Lipinski definition) is 2. The highest BCUT2D eigenvalue weighted by Gasteiger charge is 2.25. The largest absolute Gasteiger partial charge is 0.332 e. The number of hydrogen-bond donors (Lipinski definition) is 1. The first-order chi connectivity index (χ1) is 8.40. The third-order valence-corrected chi connectivity index (χ3v) is 4.30. The molecule has 94 valence electrons. The van der Waals surface area contributed by atoms with E-state index in [9.17, 15) is 0 Å². The molecular formula is C14H23N3. The second-order valence-electron chi connectivity index (χ2n) is 5.37. The molecule has 0 saturated heterocycles. The average Bonchev–Trinajstić information content (AvgIpc) is 2.78. The summed E-state index contributed by atoms with van der Waals surface area (Å²) in [6.45, 7) is 5.44. The summed E-state index contributed by atoms with van der Waals surface area (Å²) in [6.07, 6.45) is 8.06. The molecule has 0 amide bonds. The van der Waals surface area contributed by atoms with Crippen LogP contribution in [0.4, 0.5) is 0 Å².